The number of rotatable bonds is 2. The smallest absolute Gasteiger partial charge is 0.333 e. The molecule has 76 valence electrons. The third kappa shape index (κ3) is 1.50. The van der Waals surface area contributed by atoms with Gasteiger partial charge in [-0.05, 0) is 12.0 Å². The zero-order valence-corrected chi connectivity index (χ0v) is 7.88. The van der Waals surface area contributed by atoms with Gasteiger partial charge in [-0.15, -0.1) is 0 Å². The molecule has 0 radical (unpaired) electrons. The van der Waals surface area contributed by atoms with Gasteiger partial charge in [0.25, 0.3) is 0 Å². The summed E-state index contributed by atoms with van der Waals surface area (Å²) in [4.78, 5) is 10.8. The van der Waals surface area contributed by atoms with Crippen molar-refractivity contribution in [3.8, 4) is 0 Å². The summed E-state index contributed by atoms with van der Waals surface area (Å²) >= 11 is 0. The van der Waals surface area contributed by atoms with E-state index in [1.807, 2.05) is 13.2 Å². The van der Waals surface area contributed by atoms with Crippen LogP contribution in [0.15, 0.2) is 12.4 Å². The van der Waals surface area contributed by atoms with Crippen molar-refractivity contribution in [2.45, 2.75) is 18.4 Å². The summed E-state index contributed by atoms with van der Waals surface area (Å²) in [5.41, 5.74) is 0.942. The first-order valence-electron chi connectivity index (χ1n) is 4.51. The zero-order valence-electron chi connectivity index (χ0n) is 7.88. The van der Waals surface area contributed by atoms with E-state index in [2.05, 4.69) is 5.10 Å². The minimum Gasteiger partial charge on any atom is -0.479 e. The summed E-state index contributed by atoms with van der Waals surface area (Å²) in [5.74, 6) is -0.947. The maximum absolute atomic E-state index is 10.8. The first kappa shape index (κ1) is 9.21. The molecular formula is C9H12N2O3. The van der Waals surface area contributed by atoms with Crippen LogP contribution in [0.1, 0.15) is 17.9 Å². The first-order chi connectivity index (χ1) is 6.68. The first-order valence-corrected chi connectivity index (χ1v) is 4.51. The van der Waals surface area contributed by atoms with Crippen LogP contribution in [0.2, 0.25) is 0 Å². The van der Waals surface area contributed by atoms with Gasteiger partial charge in [0.15, 0.2) is 6.10 Å². The molecule has 0 spiro atoms. The van der Waals surface area contributed by atoms with Crippen molar-refractivity contribution < 1.29 is 14.6 Å². The fourth-order valence-electron chi connectivity index (χ4n) is 1.81. The second-order valence-corrected chi connectivity index (χ2v) is 3.47. The monoisotopic (exact) mass is 196 g/mol. The Hall–Kier alpha value is -1.36. The number of aromatic nitrogens is 2. The van der Waals surface area contributed by atoms with E-state index in [9.17, 15) is 4.79 Å². The van der Waals surface area contributed by atoms with Crippen LogP contribution >= 0.6 is 0 Å². The van der Waals surface area contributed by atoms with Crippen LogP contribution in [0.3, 0.4) is 0 Å². The highest BCUT2D eigenvalue weighted by Crippen LogP contribution is 2.30. The minimum absolute atomic E-state index is 0.0544. The lowest BCUT2D eigenvalue weighted by molar-refractivity contribution is -0.148. The van der Waals surface area contributed by atoms with Gasteiger partial charge in [-0.3, -0.25) is 4.68 Å². The van der Waals surface area contributed by atoms with Gasteiger partial charge < -0.3 is 9.84 Å². The molecule has 1 aromatic heterocycles. The number of nitrogens with zero attached hydrogens (tertiary/aromatic N) is 2. The van der Waals surface area contributed by atoms with E-state index in [1.54, 1.807) is 10.9 Å². The van der Waals surface area contributed by atoms with Gasteiger partial charge >= 0.3 is 5.97 Å². The number of hydrogen-bond donors (Lipinski definition) is 1. The largest absolute Gasteiger partial charge is 0.479 e. The number of carboxylic acids is 1. The second-order valence-electron chi connectivity index (χ2n) is 3.47. The van der Waals surface area contributed by atoms with Crippen molar-refractivity contribution in [3.63, 3.8) is 0 Å². The van der Waals surface area contributed by atoms with E-state index >= 15 is 0 Å². The summed E-state index contributed by atoms with van der Waals surface area (Å²) in [7, 11) is 1.81. The van der Waals surface area contributed by atoms with Crippen LogP contribution in [0.25, 0.3) is 0 Å². The van der Waals surface area contributed by atoms with E-state index in [0.717, 1.165) is 12.0 Å². The van der Waals surface area contributed by atoms with Crippen LogP contribution in [-0.2, 0) is 16.6 Å². The summed E-state index contributed by atoms with van der Waals surface area (Å²) in [5, 5.41) is 12.9. The normalized spacial score (nSPS) is 26.6. The van der Waals surface area contributed by atoms with E-state index in [1.165, 1.54) is 0 Å². The van der Waals surface area contributed by atoms with Crippen LogP contribution < -0.4 is 0 Å². The predicted molar refractivity (Wildman–Crippen MR) is 47.9 cm³/mol. The molecule has 2 rings (SSSR count). The van der Waals surface area contributed by atoms with Crippen molar-refractivity contribution in [2.24, 2.45) is 7.05 Å². The Morgan fingerprint density at radius 1 is 1.79 bits per heavy atom. The Labute approximate surface area is 81.3 Å². The molecule has 0 saturated carbocycles. The fourth-order valence-corrected chi connectivity index (χ4v) is 1.81. The van der Waals surface area contributed by atoms with Crippen molar-refractivity contribution in [1.82, 2.24) is 9.78 Å². The summed E-state index contributed by atoms with van der Waals surface area (Å²) in [6.07, 6.45) is 3.59. The molecule has 1 aliphatic heterocycles. The van der Waals surface area contributed by atoms with E-state index < -0.39 is 12.1 Å². The third-order valence-corrected chi connectivity index (χ3v) is 2.49. The van der Waals surface area contributed by atoms with Crippen LogP contribution in [0, 0.1) is 0 Å². The number of aliphatic carboxylic acids is 1. The van der Waals surface area contributed by atoms with E-state index in [4.69, 9.17) is 9.84 Å². The fraction of sp³-hybridized carbons (Fsp3) is 0.556. The number of hydrogen-bond acceptors (Lipinski definition) is 3. The van der Waals surface area contributed by atoms with E-state index in [0.29, 0.717) is 6.61 Å². The molecule has 0 bridgehead atoms. The topological polar surface area (TPSA) is 64.3 Å². The lowest BCUT2D eigenvalue weighted by atomic mass is 9.95. The lowest BCUT2D eigenvalue weighted by Gasteiger charge is -2.11. The van der Waals surface area contributed by atoms with Crippen LogP contribution in [0.5, 0.6) is 0 Å². The maximum Gasteiger partial charge on any atom is 0.333 e. The maximum atomic E-state index is 10.8. The SMILES string of the molecule is Cn1cc(C2CCOC2C(=O)O)cn1. The predicted octanol–water partition coefficient (Wildman–Crippen LogP) is 0.377. The van der Waals surface area contributed by atoms with Crippen molar-refractivity contribution in [1.29, 1.82) is 0 Å². The summed E-state index contributed by atoms with van der Waals surface area (Å²) in [6.45, 7) is 0.510. The molecule has 0 aromatic carbocycles. The molecule has 5 heteroatoms. The molecule has 1 aliphatic rings. The Morgan fingerprint density at radius 3 is 3.14 bits per heavy atom. The highest BCUT2D eigenvalue weighted by molar-refractivity contribution is 5.74. The minimum atomic E-state index is -0.892. The average molecular weight is 196 g/mol. The third-order valence-electron chi connectivity index (χ3n) is 2.49. The molecule has 1 saturated heterocycles. The quantitative estimate of drug-likeness (QED) is 0.742. The molecule has 1 fully saturated rings. The molecule has 5 nitrogen and oxygen atoms in total. The van der Waals surface area contributed by atoms with Gasteiger partial charge in [0.05, 0.1) is 6.20 Å². The molecule has 2 heterocycles. The number of carbonyl (C=O) groups is 1. The second kappa shape index (κ2) is 3.42. The molecule has 14 heavy (non-hydrogen) atoms. The Balaban J connectivity index is 2.21. The lowest BCUT2D eigenvalue weighted by Crippen LogP contribution is -2.24. The summed E-state index contributed by atoms with van der Waals surface area (Å²) < 4.78 is 6.83. The number of ether oxygens (including phenoxy) is 1. The van der Waals surface area contributed by atoms with Gasteiger partial charge in [-0.1, -0.05) is 0 Å². The molecule has 1 aromatic rings. The van der Waals surface area contributed by atoms with Crippen molar-refractivity contribution in [3.05, 3.63) is 18.0 Å². The Kier molecular flexibility index (Phi) is 2.25. The molecule has 1 N–H and O–H groups in total. The highest BCUT2D eigenvalue weighted by Gasteiger charge is 2.35. The standard InChI is InChI=1S/C9H12N2O3/c1-11-5-6(4-10-11)7-2-3-14-8(7)9(12)13/h4-5,7-8H,2-3H2,1H3,(H,12,13). The van der Waals surface area contributed by atoms with Gasteiger partial charge in [-0.2, -0.15) is 5.10 Å². The molecular weight excluding hydrogens is 184 g/mol. The molecule has 2 unspecified atom stereocenters. The highest BCUT2D eigenvalue weighted by atomic mass is 16.5. The average Bonchev–Trinajstić information content (AvgIpc) is 2.70. The zero-order chi connectivity index (χ0) is 10.1. The van der Waals surface area contributed by atoms with Crippen molar-refractivity contribution >= 4 is 5.97 Å². The van der Waals surface area contributed by atoms with Gasteiger partial charge in [0, 0.05) is 25.8 Å². The van der Waals surface area contributed by atoms with Crippen LogP contribution in [-0.4, -0.2) is 33.6 Å². The van der Waals surface area contributed by atoms with Gasteiger partial charge in [0.1, 0.15) is 0 Å². The Morgan fingerprint density at radius 2 is 2.57 bits per heavy atom. The van der Waals surface area contributed by atoms with E-state index in [-0.39, 0.29) is 5.92 Å². The van der Waals surface area contributed by atoms with Gasteiger partial charge in [0.2, 0.25) is 0 Å². The Bertz CT molecular complexity index is 348. The number of carboxylic acid groups (broad SMARTS) is 1. The molecule has 0 aliphatic carbocycles. The van der Waals surface area contributed by atoms with Gasteiger partial charge in [-0.25, -0.2) is 4.79 Å². The number of aryl methyl sites for hydroxylation is 1. The van der Waals surface area contributed by atoms with Crippen molar-refractivity contribution in [2.75, 3.05) is 6.61 Å². The molecule has 0 amide bonds. The summed E-state index contributed by atoms with van der Waals surface area (Å²) in [6, 6.07) is 0. The van der Waals surface area contributed by atoms with Crippen LogP contribution in [0.4, 0.5) is 0 Å². The molecule has 2 atom stereocenters.